The molecule has 7 heteroatoms. The van der Waals surface area contributed by atoms with Gasteiger partial charge in [0.25, 0.3) is 5.56 Å². The van der Waals surface area contributed by atoms with Crippen LogP contribution in [0.2, 0.25) is 0 Å². The minimum absolute atomic E-state index is 0.183. The molecule has 0 radical (unpaired) electrons. The lowest BCUT2D eigenvalue weighted by Gasteiger charge is -2.10. The van der Waals surface area contributed by atoms with Crippen LogP contribution in [0.1, 0.15) is 5.56 Å². The Morgan fingerprint density at radius 3 is 2.70 bits per heavy atom. The summed E-state index contributed by atoms with van der Waals surface area (Å²) in [5.74, 6) is 0.947. The number of halogens is 1. The molecule has 0 bridgehead atoms. The first-order chi connectivity index (χ1) is 13.1. The molecule has 0 amide bonds. The molecule has 0 fully saturated rings. The number of aromatic nitrogens is 3. The molecule has 4 rings (SSSR count). The average Bonchev–Trinajstić information content (AvgIpc) is 3.06. The zero-order valence-corrected chi connectivity index (χ0v) is 15.0. The fourth-order valence-electron chi connectivity index (χ4n) is 3.21. The second kappa shape index (κ2) is 6.75. The van der Waals surface area contributed by atoms with Crippen LogP contribution >= 0.6 is 0 Å². The van der Waals surface area contributed by atoms with E-state index < -0.39 is 0 Å². The zero-order chi connectivity index (χ0) is 19.0. The second-order valence-corrected chi connectivity index (χ2v) is 6.22. The summed E-state index contributed by atoms with van der Waals surface area (Å²) in [4.78, 5) is 20.2. The van der Waals surface area contributed by atoms with Gasteiger partial charge in [-0.15, -0.1) is 0 Å². The van der Waals surface area contributed by atoms with Crippen molar-refractivity contribution in [3.8, 4) is 11.5 Å². The molecular formula is C20H18FN3O3. The van der Waals surface area contributed by atoms with E-state index in [1.807, 2.05) is 18.2 Å². The molecule has 27 heavy (non-hydrogen) atoms. The molecule has 0 aliphatic heterocycles. The van der Waals surface area contributed by atoms with Gasteiger partial charge < -0.3 is 14.5 Å². The van der Waals surface area contributed by atoms with E-state index in [4.69, 9.17) is 9.47 Å². The van der Waals surface area contributed by atoms with Gasteiger partial charge in [0.1, 0.15) is 16.9 Å². The maximum Gasteiger partial charge on any atom is 0.277 e. The first kappa shape index (κ1) is 17.1. The Balaban J connectivity index is 1.66. The van der Waals surface area contributed by atoms with Crippen molar-refractivity contribution in [1.29, 1.82) is 0 Å². The van der Waals surface area contributed by atoms with Gasteiger partial charge in [0.05, 0.1) is 20.5 Å². The molecule has 138 valence electrons. The Kier molecular flexibility index (Phi) is 4.27. The smallest absolute Gasteiger partial charge is 0.277 e. The summed E-state index contributed by atoms with van der Waals surface area (Å²) in [6, 6.07) is 10.0. The second-order valence-electron chi connectivity index (χ2n) is 6.22. The van der Waals surface area contributed by atoms with Crippen LogP contribution < -0.4 is 15.0 Å². The van der Waals surface area contributed by atoms with Crippen molar-refractivity contribution in [3.05, 3.63) is 64.5 Å². The van der Waals surface area contributed by atoms with Crippen LogP contribution in [0, 0.1) is 5.82 Å². The Morgan fingerprint density at radius 1 is 1.11 bits per heavy atom. The molecule has 0 saturated heterocycles. The van der Waals surface area contributed by atoms with Crippen LogP contribution in [-0.2, 0) is 13.0 Å². The lowest BCUT2D eigenvalue weighted by Crippen LogP contribution is -2.21. The number of fused-ring (bicyclic) bond motifs is 3. The van der Waals surface area contributed by atoms with Gasteiger partial charge in [-0.25, -0.2) is 9.37 Å². The number of aromatic amines is 1. The third-order valence-corrected chi connectivity index (χ3v) is 4.62. The number of H-pyrrole nitrogens is 1. The molecule has 2 aromatic carbocycles. The molecule has 0 aliphatic carbocycles. The summed E-state index contributed by atoms with van der Waals surface area (Å²) in [7, 11) is 3.17. The first-order valence-electron chi connectivity index (χ1n) is 8.48. The molecule has 1 N–H and O–H groups in total. The normalized spacial score (nSPS) is 11.2. The van der Waals surface area contributed by atoms with Crippen molar-refractivity contribution in [1.82, 2.24) is 14.5 Å². The van der Waals surface area contributed by atoms with Gasteiger partial charge in [-0.05, 0) is 42.3 Å². The Hall–Kier alpha value is -3.35. The number of nitrogens with zero attached hydrogens (tertiary/aromatic N) is 2. The molecule has 0 aliphatic rings. The number of nitrogens with one attached hydrogen (secondary N) is 1. The molecule has 0 unspecified atom stereocenters. The highest BCUT2D eigenvalue weighted by Gasteiger charge is 2.12. The van der Waals surface area contributed by atoms with Gasteiger partial charge >= 0.3 is 0 Å². The number of hydrogen-bond donors (Lipinski definition) is 1. The molecule has 6 nitrogen and oxygen atoms in total. The van der Waals surface area contributed by atoms with Crippen molar-refractivity contribution in [3.63, 3.8) is 0 Å². The predicted molar refractivity (Wildman–Crippen MR) is 101 cm³/mol. The quantitative estimate of drug-likeness (QED) is 0.588. The fraction of sp³-hybridized carbons (Fsp3) is 0.200. The summed E-state index contributed by atoms with van der Waals surface area (Å²) in [6.07, 6.45) is 2.13. The minimum atomic E-state index is -0.358. The summed E-state index contributed by atoms with van der Waals surface area (Å²) in [6.45, 7) is 0.459. The van der Waals surface area contributed by atoms with Gasteiger partial charge in [-0.3, -0.25) is 9.36 Å². The summed E-state index contributed by atoms with van der Waals surface area (Å²) in [5, 5.41) is 0.606. The van der Waals surface area contributed by atoms with Crippen LogP contribution in [0.25, 0.3) is 21.9 Å². The molecule has 0 atom stereocenters. The Labute approximate surface area is 154 Å². The van der Waals surface area contributed by atoms with Gasteiger partial charge in [0, 0.05) is 17.4 Å². The topological polar surface area (TPSA) is 69.1 Å². The number of hydrogen-bond acceptors (Lipinski definition) is 4. The maximum absolute atomic E-state index is 13.5. The number of aryl methyl sites for hydroxylation is 2. The van der Waals surface area contributed by atoms with Gasteiger partial charge in [0.2, 0.25) is 0 Å². The summed E-state index contributed by atoms with van der Waals surface area (Å²) in [5.41, 5.74) is 2.38. The van der Waals surface area contributed by atoms with Crippen molar-refractivity contribution in [2.75, 3.05) is 14.2 Å². The maximum atomic E-state index is 13.5. The molecule has 2 aromatic heterocycles. The van der Waals surface area contributed by atoms with Crippen molar-refractivity contribution < 1.29 is 13.9 Å². The molecule has 0 saturated carbocycles. The number of methoxy groups -OCH3 is 2. The molecular weight excluding hydrogens is 349 g/mol. The highest BCUT2D eigenvalue weighted by atomic mass is 19.1. The van der Waals surface area contributed by atoms with Crippen molar-refractivity contribution in [2.45, 2.75) is 13.0 Å². The highest BCUT2D eigenvalue weighted by molar-refractivity contribution is 6.04. The monoisotopic (exact) mass is 367 g/mol. The van der Waals surface area contributed by atoms with E-state index in [1.165, 1.54) is 18.5 Å². The van der Waals surface area contributed by atoms with E-state index in [2.05, 4.69) is 9.97 Å². The Bertz CT molecular complexity index is 1200. The van der Waals surface area contributed by atoms with Crippen LogP contribution in [0.15, 0.2) is 47.5 Å². The highest BCUT2D eigenvalue weighted by Crippen LogP contribution is 2.28. The third kappa shape index (κ3) is 3.01. The van der Waals surface area contributed by atoms with Gasteiger partial charge in [-0.1, -0.05) is 6.07 Å². The SMILES string of the molecule is COc1ccc(CCn2cnc3c([nH]c4ccc(F)cc43)c2=O)cc1OC. The molecule has 2 heterocycles. The standard InChI is InChI=1S/C20H18FN3O3/c1-26-16-6-3-12(9-17(16)27-2)7-8-24-11-22-18-14-10-13(21)4-5-15(14)23-19(18)20(24)25/h3-6,9-11,23H,7-8H2,1-2H3. The average molecular weight is 367 g/mol. The lowest BCUT2D eigenvalue weighted by atomic mass is 10.1. The third-order valence-electron chi connectivity index (χ3n) is 4.62. The lowest BCUT2D eigenvalue weighted by molar-refractivity contribution is 0.354. The number of benzene rings is 2. The first-order valence-corrected chi connectivity index (χ1v) is 8.48. The number of ether oxygens (including phenoxy) is 2. The zero-order valence-electron chi connectivity index (χ0n) is 15.0. The van der Waals surface area contributed by atoms with E-state index >= 15 is 0 Å². The summed E-state index contributed by atoms with van der Waals surface area (Å²) >= 11 is 0. The van der Waals surface area contributed by atoms with Crippen molar-refractivity contribution >= 4 is 21.9 Å². The van der Waals surface area contributed by atoms with Crippen LogP contribution in [0.3, 0.4) is 0 Å². The number of rotatable bonds is 5. The largest absolute Gasteiger partial charge is 0.493 e. The van der Waals surface area contributed by atoms with Crippen molar-refractivity contribution in [2.24, 2.45) is 0 Å². The van der Waals surface area contributed by atoms with E-state index in [-0.39, 0.29) is 11.4 Å². The summed E-state index contributed by atoms with van der Waals surface area (Å²) < 4.78 is 25.6. The van der Waals surface area contributed by atoms with Gasteiger partial charge in [-0.2, -0.15) is 0 Å². The van der Waals surface area contributed by atoms with Crippen LogP contribution in [0.5, 0.6) is 11.5 Å². The predicted octanol–water partition coefficient (Wildman–Crippen LogP) is 3.28. The van der Waals surface area contributed by atoms with E-state index in [0.717, 1.165) is 5.56 Å². The minimum Gasteiger partial charge on any atom is -0.493 e. The van der Waals surface area contributed by atoms with Gasteiger partial charge in [0.15, 0.2) is 11.5 Å². The molecule has 0 spiro atoms. The van der Waals surface area contributed by atoms with Crippen LogP contribution in [-0.4, -0.2) is 28.8 Å². The fourth-order valence-corrected chi connectivity index (χ4v) is 3.21. The Morgan fingerprint density at radius 2 is 1.93 bits per heavy atom. The van der Waals surface area contributed by atoms with E-state index in [0.29, 0.717) is 46.4 Å². The van der Waals surface area contributed by atoms with E-state index in [9.17, 15) is 9.18 Å². The van der Waals surface area contributed by atoms with E-state index in [1.54, 1.807) is 24.9 Å². The van der Waals surface area contributed by atoms with Crippen LogP contribution in [0.4, 0.5) is 4.39 Å². The molecule has 4 aromatic rings.